The first-order chi connectivity index (χ1) is 15.1. The molecule has 1 heterocycles. The van der Waals surface area contributed by atoms with Crippen molar-refractivity contribution >= 4 is 28.2 Å². The van der Waals surface area contributed by atoms with Gasteiger partial charge in [-0.05, 0) is 12.5 Å². The van der Waals surface area contributed by atoms with E-state index in [1.54, 1.807) is 12.1 Å². The van der Waals surface area contributed by atoms with Crippen LogP contribution in [0, 0.1) is 6.92 Å². The van der Waals surface area contributed by atoms with Crippen LogP contribution in [-0.2, 0) is 4.79 Å². The maximum absolute atomic E-state index is 12.5. The van der Waals surface area contributed by atoms with E-state index in [0.29, 0.717) is 10.7 Å². The van der Waals surface area contributed by atoms with Crippen LogP contribution in [0.15, 0.2) is 84.9 Å². The van der Waals surface area contributed by atoms with Gasteiger partial charge in [0.1, 0.15) is 0 Å². The van der Waals surface area contributed by atoms with E-state index in [9.17, 15) is 9.59 Å². The van der Waals surface area contributed by atoms with Crippen molar-refractivity contribution < 1.29 is 9.59 Å². The molecule has 1 aromatic heterocycles. The third kappa shape index (κ3) is 5.13. The van der Waals surface area contributed by atoms with Gasteiger partial charge in [-0.15, -0.1) is 0 Å². The Morgan fingerprint density at radius 1 is 0.806 bits per heavy atom. The first-order valence-electron chi connectivity index (χ1n) is 10.1. The number of Topliss-reactive ketones (excluding diaryl/α,β-unsaturated/α-hetero) is 1. The van der Waals surface area contributed by atoms with Gasteiger partial charge >= 0.3 is 0 Å². The second-order valence-electron chi connectivity index (χ2n) is 7.27. The number of nitrogens with zero attached hydrogens (tertiary/aromatic N) is 1. The number of hydrogen-bond donors (Lipinski definition) is 1. The van der Waals surface area contributed by atoms with Gasteiger partial charge in [-0.25, -0.2) is 4.98 Å². The van der Waals surface area contributed by atoms with Crippen LogP contribution in [-0.4, -0.2) is 16.7 Å². The molecule has 0 aliphatic rings. The van der Waals surface area contributed by atoms with Gasteiger partial charge in [-0.2, -0.15) is 0 Å². The van der Waals surface area contributed by atoms with E-state index < -0.39 is 0 Å². The number of carbonyl (C=O) groups is 2. The number of thiazole rings is 1. The maximum atomic E-state index is 12.5. The summed E-state index contributed by atoms with van der Waals surface area (Å²) in [4.78, 5) is 30.5. The Balaban J connectivity index is 1.49. The molecule has 0 saturated heterocycles. The Hall–Kier alpha value is -3.57. The van der Waals surface area contributed by atoms with Crippen LogP contribution < -0.4 is 5.32 Å². The summed E-state index contributed by atoms with van der Waals surface area (Å²) in [5.74, 6) is -0.252. The monoisotopic (exact) mass is 426 g/mol. The normalized spacial score (nSPS) is 10.6. The number of amides is 1. The predicted molar refractivity (Wildman–Crippen MR) is 126 cm³/mol. The summed E-state index contributed by atoms with van der Waals surface area (Å²) in [6.07, 6.45) is 0.283. The molecule has 0 atom stereocenters. The van der Waals surface area contributed by atoms with Crippen LogP contribution in [0.5, 0.6) is 0 Å². The summed E-state index contributed by atoms with van der Waals surface area (Å²) in [6, 6.07) is 27.3. The molecule has 4 aromatic rings. The van der Waals surface area contributed by atoms with Crippen molar-refractivity contribution in [2.45, 2.75) is 19.8 Å². The van der Waals surface area contributed by atoms with Crippen LogP contribution in [0.4, 0.5) is 5.13 Å². The van der Waals surface area contributed by atoms with Crippen LogP contribution >= 0.6 is 11.3 Å². The highest BCUT2D eigenvalue weighted by Crippen LogP contribution is 2.38. The highest BCUT2D eigenvalue weighted by atomic mass is 32.1. The van der Waals surface area contributed by atoms with Crippen molar-refractivity contribution in [3.05, 3.63) is 96.1 Å². The summed E-state index contributed by atoms with van der Waals surface area (Å²) < 4.78 is 0. The molecule has 1 amide bonds. The largest absolute Gasteiger partial charge is 0.302 e. The summed E-state index contributed by atoms with van der Waals surface area (Å²) in [5, 5.41) is 3.41. The minimum absolute atomic E-state index is 0.0377. The van der Waals surface area contributed by atoms with Crippen molar-refractivity contribution in [3.63, 3.8) is 0 Å². The zero-order valence-electron chi connectivity index (χ0n) is 17.2. The van der Waals surface area contributed by atoms with Crippen molar-refractivity contribution in [1.82, 2.24) is 4.98 Å². The van der Waals surface area contributed by atoms with Gasteiger partial charge in [0.2, 0.25) is 5.91 Å². The molecule has 154 valence electrons. The van der Waals surface area contributed by atoms with Gasteiger partial charge in [0.05, 0.1) is 10.6 Å². The minimum atomic E-state index is -0.214. The number of carbonyl (C=O) groups excluding carboxylic acids is 2. The lowest BCUT2D eigenvalue weighted by atomic mass is 10.1. The lowest BCUT2D eigenvalue weighted by Gasteiger charge is -2.03. The highest BCUT2D eigenvalue weighted by Gasteiger charge is 2.17. The number of hydrogen-bond acceptors (Lipinski definition) is 4. The van der Waals surface area contributed by atoms with Crippen molar-refractivity contribution in [2.75, 3.05) is 5.32 Å². The zero-order chi connectivity index (χ0) is 21.6. The van der Waals surface area contributed by atoms with Crippen LogP contribution in [0.25, 0.3) is 21.7 Å². The number of aromatic nitrogens is 1. The highest BCUT2D eigenvalue weighted by molar-refractivity contribution is 7.19. The van der Waals surface area contributed by atoms with E-state index in [1.807, 2.05) is 79.7 Å². The van der Waals surface area contributed by atoms with E-state index in [4.69, 9.17) is 4.98 Å². The molecular weight excluding hydrogens is 404 g/mol. The molecule has 0 unspecified atom stereocenters. The second kappa shape index (κ2) is 9.49. The van der Waals surface area contributed by atoms with E-state index >= 15 is 0 Å². The Bertz CT molecular complexity index is 1130. The lowest BCUT2D eigenvalue weighted by molar-refractivity contribution is -0.116. The van der Waals surface area contributed by atoms with Crippen molar-refractivity contribution in [2.24, 2.45) is 0 Å². The molecule has 1 N–H and O–H groups in total. The standard InChI is InChI=1S/C26H22N2O2S/c1-18-12-14-19(15-13-18)22(29)16-17-23(30)27-26-28-24(20-8-4-2-5-9-20)25(31-26)21-10-6-3-7-11-21/h2-15H,16-17H2,1H3,(H,27,28,30). The van der Waals surface area contributed by atoms with Gasteiger partial charge < -0.3 is 5.32 Å². The molecule has 0 saturated carbocycles. The molecule has 0 radical (unpaired) electrons. The first kappa shape index (κ1) is 20.7. The number of rotatable bonds is 7. The molecule has 0 spiro atoms. The van der Waals surface area contributed by atoms with Gasteiger partial charge in [0.25, 0.3) is 0 Å². The summed E-state index contributed by atoms with van der Waals surface area (Å²) in [7, 11) is 0. The Labute approximate surface area is 185 Å². The molecule has 31 heavy (non-hydrogen) atoms. The van der Waals surface area contributed by atoms with Gasteiger partial charge in [-0.3, -0.25) is 9.59 Å². The maximum Gasteiger partial charge on any atom is 0.226 e. The van der Waals surface area contributed by atoms with E-state index in [2.05, 4.69) is 5.32 Å². The van der Waals surface area contributed by atoms with E-state index in [1.165, 1.54) is 11.3 Å². The average molecular weight is 427 g/mol. The molecular formula is C26H22N2O2S. The lowest BCUT2D eigenvalue weighted by Crippen LogP contribution is -2.13. The van der Waals surface area contributed by atoms with E-state index in [-0.39, 0.29) is 24.5 Å². The van der Waals surface area contributed by atoms with Gasteiger partial charge in [-0.1, -0.05) is 102 Å². The predicted octanol–water partition coefficient (Wildman–Crippen LogP) is 6.39. The van der Waals surface area contributed by atoms with Crippen LogP contribution in [0.3, 0.4) is 0 Å². The number of benzene rings is 3. The fraction of sp³-hybridized carbons (Fsp3) is 0.115. The smallest absolute Gasteiger partial charge is 0.226 e. The minimum Gasteiger partial charge on any atom is -0.302 e. The SMILES string of the molecule is Cc1ccc(C(=O)CCC(=O)Nc2nc(-c3ccccc3)c(-c3ccccc3)s2)cc1. The van der Waals surface area contributed by atoms with Crippen molar-refractivity contribution in [3.8, 4) is 21.7 Å². The van der Waals surface area contributed by atoms with Crippen LogP contribution in [0.2, 0.25) is 0 Å². The van der Waals surface area contributed by atoms with E-state index in [0.717, 1.165) is 27.3 Å². The molecule has 0 aliphatic carbocycles. The Kier molecular flexibility index (Phi) is 6.34. The number of anilines is 1. The molecule has 4 nitrogen and oxygen atoms in total. The second-order valence-corrected chi connectivity index (χ2v) is 8.27. The third-order valence-corrected chi connectivity index (χ3v) is 5.93. The molecule has 5 heteroatoms. The molecule has 0 aliphatic heterocycles. The molecule has 3 aromatic carbocycles. The number of ketones is 1. The summed E-state index contributed by atoms with van der Waals surface area (Å²) in [6.45, 7) is 1.98. The number of nitrogens with one attached hydrogen (secondary N) is 1. The van der Waals surface area contributed by atoms with Crippen LogP contribution in [0.1, 0.15) is 28.8 Å². The quantitative estimate of drug-likeness (QED) is 0.349. The average Bonchev–Trinajstić information content (AvgIpc) is 3.23. The molecule has 0 bridgehead atoms. The summed E-state index contributed by atoms with van der Waals surface area (Å²) in [5.41, 5.74) is 4.61. The molecule has 4 rings (SSSR count). The zero-order valence-corrected chi connectivity index (χ0v) is 18.0. The number of aryl methyl sites for hydroxylation is 1. The summed E-state index contributed by atoms with van der Waals surface area (Å²) >= 11 is 1.44. The topological polar surface area (TPSA) is 59.1 Å². The van der Waals surface area contributed by atoms with Gasteiger partial charge in [0, 0.05) is 24.0 Å². The first-order valence-corrected chi connectivity index (χ1v) is 10.9. The fourth-order valence-corrected chi connectivity index (χ4v) is 4.25. The third-order valence-electron chi connectivity index (χ3n) is 4.91. The van der Waals surface area contributed by atoms with Gasteiger partial charge in [0.15, 0.2) is 10.9 Å². The Morgan fingerprint density at radius 2 is 1.42 bits per heavy atom. The van der Waals surface area contributed by atoms with Crippen molar-refractivity contribution in [1.29, 1.82) is 0 Å². The fourth-order valence-electron chi connectivity index (χ4n) is 3.24. The molecule has 0 fully saturated rings. The Morgan fingerprint density at radius 3 is 2.06 bits per heavy atom.